The molecule has 208 valence electrons. The molecule has 0 radical (unpaired) electrons. The van der Waals surface area contributed by atoms with Crippen LogP contribution in [-0.2, 0) is 27.2 Å². The van der Waals surface area contributed by atoms with Gasteiger partial charge < -0.3 is 19.9 Å². The number of nitrogens with one attached hydrogen (secondary N) is 1. The Bertz CT molecular complexity index is 1230. The SMILES string of the molecule is COc1ccc(Cl)cc1C(=O)NCCc1ccc(CC(C)/C(O)=C2\C(=O)OC(CC3CCCCC3)C2=O)cc1. The van der Waals surface area contributed by atoms with Gasteiger partial charge >= 0.3 is 5.97 Å². The highest BCUT2D eigenvalue weighted by atomic mass is 35.5. The zero-order valence-electron chi connectivity index (χ0n) is 22.5. The summed E-state index contributed by atoms with van der Waals surface area (Å²) >= 11 is 6.02. The molecule has 0 aromatic heterocycles. The van der Waals surface area contributed by atoms with Gasteiger partial charge in [0.1, 0.15) is 17.1 Å². The maximum atomic E-state index is 12.9. The number of amides is 1. The molecule has 2 unspecified atom stereocenters. The van der Waals surface area contributed by atoms with Crippen molar-refractivity contribution in [2.24, 2.45) is 11.8 Å². The van der Waals surface area contributed by atoms with Crippen molar-refractivity contribution in [2.75, 3.05) is 13.7 Å². The molecule has 8 heteroatoms. The first-order valence-corrected chi connectivity index (χ1v) is 14.0. The summed E-state index contributed by atoms with van der Waals surface area (Å²) in [4.78, 5) is 37.9. The number of esters is 1. The summed E-state index contributed by atoms with van der Waals surface area (Å²) < 4.78 is 10.6. The highest BCUT2D eigenvalue weighted by Crippen LogP contribution is 2.33. The Labute approximate surface area is 234 Å². The van der Waals surface area contributed by atoms with Crippen LogP contribution >= 0.6 is 11.6 Å². The van der Waals surface area contributed by atoms with Crippen LogP contribution in [0.5, 0.6) is 5.75 Å². The van der Waals surface area contributed by atoms with Gasteiger partial charge in [0.25, 0.3) is 5.91 Å². The molecule has 2 fully saturated rings. The summed E-state index contributed by atoms with van der Waals surface area (Å²) in [6.07, 6.45) is 6.50. The Kier molecular flexibility index (Phi) is 9.68. The molecule has 2 aromatic rings. The third-order valence-corrected chi connectivity index (χ3v) is 7.89. The number of ether oxygens (including phenoxy) is 2. The van der Waals surface area contributed by atoms with Gasteiger partial charge in [-0.1, -0.05) is 74.9 Å². The number of aliphatic hydroxyl groups is 1. The van der Waals surface area contributed by atoms with E-state index >= 15 is 0 Å². The molecule has 39 heavy (non-hydrogen) atoms. The van der Waals surface area contributed by atoms with Crippen LogP contribution in [0, 0.1) is 11.8 Å². The molecule has 2 aromatic carbocycles. The summed E-state index contributed by atoms with van der Waals surface area (Å²) in [5, 5.41) is 14.2. The van der Waals surface area contributed by atoms with Crippen LogP contribution in [0.1, 0.15) is 66.9 Å². The van der Waals surface area contributed by atoms with Gasteiger partial charge in [0.05, 0.1) is 12.7 Å². The second-order valence-corrected chi connectivity index (χ2v) is 11.0. The van der Waals surface area contributed by atoms with Gasteiger partial charge in [-0.15, -0.1) is 0 Å². The van der Waals surface area contributed by atoms with Crippen molar-refractivity contribution in [2.45, 2.75) is 64.4 Å². The molecule has 2 atom stereocenters. The van der Waals surface area contributed by atoms with Gasteiger partial charge in [-0.25, -0.2) is 4.79 Å². The summed E-state index contributed by atoms with van der Waals surface area (Å²) in [5.74, 6) is -1.11. The molecule has 1 heterocycles. The monoisotopic (exact) mass is 553 g/mol. The molecular formula is C31H36ClNO6. The van der Waals surface area contributed by atoms with Gasteiger partial charge in [0.2, 0.25) is 5.78 Å². The predicted molar refractivity (Wildman–Crippen MR) is 149 cm³/mol. The van der Waals surface area contributed by atoms with Crippen molar-refractivity contribution in [3.05, 3.63) is 75.5 Å². The minimum absolute atomic E-state index is 0.188. The number of benzene rings is 2. The molecule has 0 bridgehead atoms. The van der Waals surface area contributed by atoms with E-state index in [0.29, 0.717) is 48.1 Å². The second-order valence-electron chi connectivity index (χ2n) is 10.5. The van der Waals surface area contributed by atoms with Gasteiger partial charge in [-0.2, -0.15) is 0 Å². The largest absolute Gasteiger partial charge is 0.511 e. The van der Waals surface area contributed by atoms with Crippen LogP contribution < -0.4 is 10.1 Å². The number of methoxy groups -OCH3 is 1. The lowest BCUT2D eigenvalue weighted by Crippen LogP contribution is -2.26. The summed E-state index contributed by atoms with van der Waals surface area (Å²) in [6.45, 7) is 2.23. The summed E-state index contributed by atoms with van der Waals surface area (Å²) in [6, 6.07) is 12.7. The normalized spacial score (nSPS) is 19.9. The van der Waals surface area contributed by atoms with Crippen LogP contribution in [0.2, 0.25) is 5.02 Å². The standard InChI is InChI=1S/C31H36ClNO6/c1-19(28(34)27-29(35)26(39-31(27)37)17-21-6-4-3-5-7-21)16-22-10-8-20(9-11-22)14-15-33-30(36)24-18-23(32)12-13-25(24)38-2/h8-13,18-19,21,26,34H,3-7,14-17H2,1-2H3,(H,33,36)/b28-27+. The molecule has 1 saturated carbocycles. The summed E-state index contributed by atoms with van der Waals surface area (Å²) in [5.41, 5.74) is 2.19. The quantitative estimate of drug-likeness (QED) is 0.167. The van der Waals surface area contributed by atoms with Gasteiger partial charge in [0, 0.05) is 17.5 Å². The third-order valence-electron chi connectivity index (χ3n) is 7.66. The Morgan fingerprint density at radius 2 is 1.79 bits per heavy atom. The Hall–Kier alpha value is -3.32. The van der Waals surface area contributed by atoms with E-state index in [2.05, 4.69) is 5.32 Å². The van der Waals surface area contributed by atoms with Crippen molar-refractivity contribution in [3.63, 3.8) is 0 Å². The van der Waals surface area contributed by atoms with Crippen molar-refractivity contribution < 1.29 is 29.0 Å². The van der Waals surface area contributed by atoms with E-state index in [0.717, 1.165) is 36.8 Å². The van der Waals surface area contributed by atoms with Gasteiger partial charge in [-0.05, 0) is 54.5 Å². The highest BCUT2D eigenvalue weighted by Gasteiger charge is 2.42. The van der Waals surface area contributed by atoms with E-state index in [4.69, 9.17) is 21.1 Å². The van der Waals surface area contributed by atoms with Crippen LogP contribution in [0.4, 0.5) is 0 Å². The van der Waals surface area contributed by atoms with E-state index in [1.807, 2.05) is 24.3 Å². The second kappa shape index (κ2) is 13.2. The Morgan fingerprint density at radius 1 is 1.10 bits per heavy atom. The highest BCUT2D eigenvalue weighted by molar-refractivity contribution is 6.31. The average molecular weight is 554 g/mol. The first kappa shape index (κ1) is 28.7. The molecule has 2 aliphatic rings. The minimum atomic E-state index is -0.773. The lowest BCUT2D eigenvalue weighted by molar-refractivity contribution is -0.141. The number of aliphatic hydroxyl groups excluding tert-OH is 1. The first-order valence-electron chi connectivity index (χ1n) is 13.6. The molecule has 2 N–H and O–H groups in total. The van der Waals surface area contributed by atoms with Crippen LogP contribution in [0.3, 0.4) is 0 Å². The topological polar surface area (TPSA) is 102 Å². The van der Waals surface area contributed by atoms with E-state index in [1.54, 1.807) is 25.1 Å². The molecule has 0 spiro atoms. The van der Waals surface area contributed by atoms with Crippen molar-refractivity contribution >= 4 is 29.3 Å². The van der Waals surface area contributed by atoms with Gasteiger partial charge in [-0.3, -0.25) is 9.59 Å². The lowest BCUT2D eigenvalue weighted by Gasteiger charge is -2.22. The smallest absolute Gasteiger partial charge is 0.346 e. The maximum Gasteiger partial charge on any atom is 0.346 e. The molecule has 1 aliphatic heterocycles. The van der Waals surface area contributed by atoms with Gasteiger partial charge in [0.15, 0.2) is 6.10 Å². The van der Waals surface area contributed by atoms with Crippen LogP contribution in [0.25, 0.3) is 0 Å². The zero-order chi connectivity index (χ0) is 27.9. The van der Waals surface area contributed by atoms with Crippen molar-refractivity contribution in [1.29, 1.82) is 0 Å². The van der Waals surface area contributed by atoms with E-state index in [1.165, 1.54) is 13.5 Å². The number of rotatable bonds is 10. The minimum Gasteiger partial charge on any atom is -0.511 e. The van der Waals surface area contributed by atoms with Crippen LogP contribution in [0.15, 0.2) is 53.8 Å². The Morgan fingerprint density at radius 3 is 2.49 bits per heavy atom. The average Bonchev–Trinajstić information content (AvgIpc) is 3.21. The molecule has 1 amide bonds. The van der Waals surface area contributed by atoms with E-state index in [9.17, 15) is 19.5 Å². The number of carbonyl (C=O) groups is 3. The number of carbonyl (C=O) groups excluding carboxylic acids is 3. The van der Waals surface area contributed by atoms with Crippen molar-refractivity contribution in [1.82, 2.24) is 5.32 Å². The number of cyclic esters (lactones) is 1. The third kappa shape index (κ3) is 7.21. The number of Topliss-reactive ketones (excluding diaryl/α,β-unsaturated/α-hetero) is 1. The van der Waals surface area contributed by atoms with E-state index in [-0.39, 0.29) is 23.0 Å². The first-order chi connectivity index (χ1) is 18.8. The fourth-order valence-corrected chi connectivity index (χ4v) is 5.60. The number of halogens is 1. The number of ketones is 1. The maximum absolute atomic E-state index is 12.9. The fourth-order valence-electron chi connectivity index (χ4n) is 5.43. The van der Waals surface area contributed by atoms with E-state index < -0.39 is 18.0 Å². The molecule has 1 saturated heterocycles. The van der Waals surface area contributed by atoms with Crippen molar-refractivity contribution in [3.8, 4) is 5.75 Å². The lowest BCUT2D eigenvalue weighted by atomic mass is 9.84. The molecule has 1 aliphatic carbocycles. The Balaban J connectivity index is 1.30. The zero-order valence-corrected chi connectivity index (χ0v) is 23.3. The summed E-state index contributed by atoms with van der Waals surface area (Å²) in [7, 11) is 1.50. The molecular weight excluding hydrogens is 518 g/mol. The number of hydrogen-bond acceptors (Lipinski definition) is 6. The molecule has 7 nitrogen and oxygen atoms in total. The predicted octanol–water partition coefficient (Wildman–Crippen LogP) is 5.78. The number of allylic oxidation sites excluding steroid dienone is 1. The number of hydrogen-bond donors (Lipinski definition) is 2. The molecule has 4 rings (SSSR count). The fraction of sp³-hybridized carbons (Fsp3) is 0.452. The van der Waals surface area contributed by atoms with Crippen LogP contribution in [-0.4, -0.2) is 42.5 Å².